The Bertz CT molecular complexity index is 243. The highest BCUT2D eigenvalue weighted by molar-refractivity contribution is 5.71. The first-order valence-corrected chi connectivity index (χ1v) is 8.47. The predicted molar refractivity (Wildman–Crippen MR) is 85.4 cm³/mol. The third-order valence-electron chi connectivity index (χ3n) is 3.76. The van der Waals surface area contributed by atoms with E-state index in [9.17, 15) is 4.79 Å². The van der Waals surface area contributed by atoms with Crippen LogP contribution >= 0.6 is 0 Å². The fourth-order valence-electron chi connectivity index (χ4n) is 1.88. The van der Waals surface area contributed by atoms with Gasteiger partial charge in [0.15, 0.2) is 0 Å². The summed E-state index contributed by atoms with van der Waals surface area (Å²) in [7, 11) is 0. The topological polar surface area (TPSA) is 44.8 Å². The van der Waals surface area contributed by atoms with Gasteiger partial charge in [-0.2, -0.15) is 0 Å². The van der Waals surface area contributed by atoms with Crippen molar-refractivity contribution >= 4 is 5.97 Å². The van der Waals surface area contributed by atoms with Gasteiger partial charge >= 0.3 is 5.97 Å². The van der Waals surface area contributed by atoms with E-state index in [4.69, 9.17) is 14.2 Å². The predicted octanol–water partition coefficient (Wildman–Crippen LogP) is 3.83. The highest BCUT2D eigenvalue weighted by Gasteiger charge is 2.11. The fraction of sp³-hybridized carbons (Fsp3) is 0.941. The van der Waals surface area contributed by atoms with Crippen molar-refractivity contribution in [2.75, 3.05) is 33.0 Å². The van der Waals surface area contributed by atoms with Gasteiger partial charge in [-0.15, -0.1) is 0 Å². The van der Waals surface area contributed by atoms with Crippen LogP contribution < -0.4 is 0 Å². The summed E-state index contributed by atoms with van der Waals surface area (Å²) in [5.74, 6) is 0.503. The minimum Gasteiger partial charge on any atom is -0.463 e. The van der Waals surface area contributed by atoms with Crippen molar-refractivity contribution in [2.24, 2.45) is 11.8 Å². The molecule has 0 rings (SSSR count). The second kappa shape index (κ2) is 14.3. The summed E-state index contributed by atoms with van der Waals surface area (Å²) in [4.78, 5) is 11.4. The standard InChI is InChI=1S/C17H34O4/c1-5-8-9-16(7-3)14-20-11-10-19-12-13-21-17(18)15(4)6-2/h15-16H,5-14H2,1-4H3. The minimum absolute atomic E-state index is 0.0255. The number of hydrogen-bond donors (Lipinski definition) is 0. The normalized spacial score (nSPS) is 13.9. The zero-order chi connectivity index (χ0) is 15.9. The summed E-state index contributed by atoms with van der Waals surface area (Å²) in [6, 6.07) is 0. The number of hydrogen-bond acceptors (Lipinski definition) is 4. The Morgan fingerprint density at radius 3 is 2.24 bits per heavy atom. The summed E-state index contributed by atoms with van der Waals surface area (Å²) < 4.78 is 16.1. The smallest absolute Gasteiger partial charge is 0.308 e. The van der Waals surface area contributed by atoms with Crippen molar-refractivity contribution in [3.05, 3.63) is 0 Å². The van der Waals surface area contributed by atoms with E-state index >= 15 is 0 Å². The number of carbonyl (C=O) groups excluding carboxylic acids is 1. The van der Waals surface area contributed by atoms with E-state index in [0.29, 0.717) is 32.3 Å². The van der Waals surface area contributed by atoms with Gasteiger partial charge in [0.25, 0.3) is 0 Å². The van der Waals surface area contributed by atoms with Gasteiger partial charge in [-0.05, 0) is 18.8 Å². The van der Waals surface area contributed by atoms with Crippen LogP contribution in [0.5, 0.6) is 0 Å². The van der Waals surface area contributed by atoms with Gasteiger partial charge in [-0.3, -0.25) is 4.79 Å². The molecule has 0 fully saturated rings. The quantitative estimate of drug-likeness (QED) is 0.361. The zero-order valence-electron chi connectivity index (χ0n) is 14.4. The molecule has 0 saturated heterocycles. The Kier molecular flexibility index (Phi) is 13.9. The van der Waals surface area contributed by atoms with Crippen LogP contribution in [0.4, 0.5) is 0 Å². The summed E-state index contributed by atoms with van der Waals surface area (Å²) in [6.07, 6.45) is 5.75. The summed E-state index contributed by atoms with van der Waals surface area (Å²) in [6.45, 7) is 11.1. The van der Waals surface area contributed by atoms with E-state index in [0.717, 1.165) is 13.0 Å². The molecule has 0 heterocycles. The van der Waals surface area contributed by atoms with Gasteiger partial charge in [0.2, 0.25) is 0 Å². The molecule has 0 spiro atoms. The van der Waals surface area contributed by atoms with Gasteiger partial charge < -0.3 is 14.2 Å². The molecule has 0 aromatic carbocycles. The second-order valence-corrected chi connectivity index (χ2v) is 5.58. The van der Waals surface area contributed by atoms with E-state index in [-0.39, 0.29) is 11.9 Å². The SMILES string of the molecule is CCCCC(CC)COCCOCCOC(=O)C(C)CC. The Morgan fingerprint density at radius 2 is 1.62 bits per heavy atom. The molecule has 0 aliphatic rings. The van der Waals surface area contributed by atoms with E-state index < -0.39 is 0 Å². The van der Waals surface area contributed by atoms with Crippen molar-refractivity contribution in [3.63, 3.8) is 0 Å². The van der Waals surface area contributed by atoms with E-state index in [1.54, 1.807) is 0 Å². The van der Waals surface area contributed by atoms with Crippen LogP contribution in [0.15, 0.2) is 0 Å². The maximum Gasteiger partial charge on any atom is 0.308 e. The minimum atomic E-state index is -0.140. The Labute approximate surface area is 130 Å². The molecule has 2 atom stereocenters. The molecule has 0 saturated carbocycles. The third kappa shape index (κ3) is 11.7. The molecule has 4 nitrogen and oxygen atoms in total. The van der Waals surface area contributed by atoms with Crippen molar-refractivity contribution in [3.8, 4) is 0 Å². The lowest BCUT2D eigenvalue weighted by Crippen LogP contribution is -2.18. The highest BCUT2D eigenvalue weighted by atomic mass is 16.6. The van der Waals surface area contributed by atoms with Crippen molar-refractivity contribution in [1.82, 2.24) is 0 Å². The van der Waals surface area contributed by atoms with Gasteiger partial charge in [0, 0.05) is 6.61 Å². The molecule has 21 heavy (non-hydrogen) atoms. The van der Waals surface area contributed by atoms with Crippen LogP contribution in [0.25, 0.3) is 0 Å². The fourth-order valence-corrected chi connectivity index (χ4v) is 1.88. The second-order valence-electron chi connectivity index (χ2n) is 5.58. The zero-order valence-corrected chi connectivity index (χ0v) is 14.4. The maximum absolute atomic E-state index is 11.4. The lowest BCUT2D eigenvalue weighted by Gasteiger charge is -2.14. The molecule has 0 radical (unpaired) electrons. The van der Waals surface area contributed by atoms with Gasteiger partial charge in [0.1, 0.15) is 6.61 Å². The number of unbranched alkanes of at least 4 members (excludes halogenated alkanes) is 1. The monoisotopic (exact) mass is 302 g/mol. The molecular weight excluding hydrogens is 268 g/mol. The van der Waals surface area contributed by atoms with Crippen LogP contribution in [0.1, 0.15) is 59.8 Å². The largest absolute Gasteiger partial charge is 0.463 e. The molecule has 0 N–H and O–H groups in total. The van der Waals surface area contributed by atoms with Crippen molar-refractivity contribution < 1.29 is 19.0 Å². The first-order valence-electron chi connectivity index (χ1n) is 8.47. The average Bonchev–Trinajstić information content (AvgIpc) is 2.51. The maximum atomic E-state index is 11.4. The Balaban J connectivity index is 3.37. The number of esters is 1. The molecule has 4 heteroatoms. The van der Waals surface area contributed by atoms with Crippen LogP contribution in [-0.4, -0.2) is 39.0 Å². The molecule has 0 aromatic heterocycles. The van der Waals surface area contributed by atoms with Gasteiger partial charge in [-0.25, -0.2) is 0 Å². The first kappa shape index (κ1) is 20.4. The van der Waals surface area contributed by atoms with Crippen LogP contribution in [0, 0.1) is 11.8 Å². The van der Waals surface area contributed by atoms with Crippen molar-refractivity contribution in [1.29, 1.82) is 0 Å². The van der Waals surface area contributed by atoms with Crippen LogP contribution in [-0.2, 0) is 19.0 Å². The summed E-state index contributed by atoms with van der Waals surface area (Å²) in [5.41, 5.74) is 0. The molecule has 0 bridgehead atoms. The van der Waals surface area contributed by atoms with E-state index in [1.165, 1.54) is 25.7 Å². The average molecular weight is 302 g/mol. The Morgan fingerprint density at radius 1 is 0.952 bits per heavy atom. The number of rotatable bonds is 14. The lowest BCUT2D eigenvalue weighted by atomic mass is 10.0. The molecule has 2 unspecified atom stereocenters. The molecular formula is C17H34O4. The summed E-state index contributed by atoms with van der Waals surface area (Å²) >= 11 is 0. The van der Waals surface area contributed by atoms with E-state index in [2.05, 4.69) is 13.8 Å². The highest BCUT2D eigenvalue weighted by Crippen LogP contribution is 2.12. The molecule has 0 aliphatic heterocycles. The number of carbonyl (C=O) groups is 1. The van der Waals surface area contributed by atoms with Gasteiger partial charge in [0.05, 0.1) is 25.7 Å². The van der Waals surface area contributed by atoms with Crippen molar-refractivity contribution in [2.45, 2.75) is 59.8 Å². The molecule has 0 aliphatic carbocycles. The summed E-state index contributed by atoms with van der Waals surface area (Å²) in [5, 5.41) is 0. The number of ether oxygens (including phenoxy) is 3. The lowest BCUT2D eigenvalue weighted by molar-refractivity contribution is -0.149. The molecule has 126 valence electrons. The molecule has 0 amide bonds. The molecule has 0 aromatic rings. The van der Waals surface area contributed by atoms with Crippen LogP contribution in [0.3, 0.4) is 0 Å². The van der Waals surface area contributed by atoms with E-state index in [1.807, 2.05) is 13.8 Å². The van der Waals surface area contributed by atoms with Gasteiger partial charge in [-0.1, -0.05) is 47.0 Å². The third-order valence-corrected chi connectivity index (χ3v) is 3.76. The Hall–Kier alpha value is -0.610. The first-order chi connectivity index (χ1) is 10.2. The van der Waals surface area contributed by atoms with Crippen LogP contribution in [0.2, 0.25) is 0 Å².